The largest absolute Gasteiger partial charge is 0.494 e. The summed E-state index contributed by atoms with van der Waals surface area (Å²) in [6, 6.07) is 5.57. The highest BCUT2D eigenvalue weighted by Gasteiger charge is 2.39. The number of hydrogen-bond donors (Lipinski definition) is 1. The molecule has 1 N–H and O–H groups in total. The van der Waals surface area contributed by atoms with Crippen LogP contribution in [0.4, 0.5) is 4.79 Å². The van der Waals surface area contributed by atoms with Gasteiger partial charge in [-0.15, -0.1) is 0 Å². The van der Waals surface area contributed by atoms with Crippen molar-refractivity contribution in [3.8, 4) is 5.75 Å². The van der Waals surface area contributed by atoms with Crippen molar-refractivity contribution in [1.82, 2.24) is 19.4 Å². The van der Waals surface area contributed by atoms with Gasteiger partial charge in [-0.3, -0.25) is 9.69 Å². The molecule has 2 aliphatic rings. The number of carbonyl (C=O) groups is 2. The van der Waals surface area contributed by atoms with Crippen molar-refractivity contribution in [3.63, 3.8) is 0 Å². The zero-order valence-electron chi connectivity index (χ0n) is 16.8. The third-order valence-corrected chi connectivity index (χ3v) is 7.04. The molecule has 9 nitrogen and oxygen atoms in total. The second-order valence-corrected chi connectivity index (χ2v) is 9.06. The number of piperazine rings is 1. The maximum atomic E-state index is 12.9. The van der Waals surface area contributed by atoms with E-state index in [1.54, 1.807) is 24.3 Å². The Kier molecular flexibility index (Phi) is 6.76. The zero-order chi connectivity index (χ0) is 21.0. The maximum Gasteiger partial charge on any atom is 0.325 e. The average molecular weight is 425 g/mol. The molecule has 3 rings (SSSR count). The Bertz CT molecular complexity index is 835. The van der Waals surface area contributed by atoms with Gasteiger partial charge in [-0.05, 0) is 37.6 Å². The highest BCUT2D eigenvalue weighted by molar-refractivity contribution is 7.89. The lowest BCUT2D eigenvalue weighted by Crippen LogP contribution is -2.52. The first-order valence-corrected chi connectivity index (χ1v) is 11.4. The van der Waals surface area contributed by atoms with Crippen molar-refractivity contribution >= 4 is 22.0 Å². The maximum absolute atomic E-state index is 12.9. The van der Waals surface area contributed by atoms with Gasteiger partial charge in [-0.1, -0.05) is 13.3 Å². The molecule has 29 heavy (non-hydrogen) atoms. The van der Waals surface area contributed by atoms with Crippen LogP contribution in [0.25, 0.3) is 0 Å². The third kappa shape index (κ3) is 4.71. The summed E-state index contributed by atoms with van der Waals surface area (Å²) in [6.07, 6.45) is 1.43. The van der Waals surface area contributed by atoms with E-state index in [4.69, 9.17) is 4.74 Å². The summed E-state index contributed by atoms with van der Waals surface area (Å²) < 4.78 is 32.5. The molecule has 1 aromatic rings. The van der Waals surface area contributed by atoms with E-state index >= 15 is 0 Å². The molecule has 0 unspecified atom stereocenters. The fourth-order valence-electron chi connectivity index (χ4n) is 3.53. The monoisotopic (exact) mass is 424 g/mol. The number of rotatable bonds is 8. The number of sulfonamides is 1. The molecule has 10 heteroatoms. The molecule has 2 heterocycles. The Morgan fingerprint density at radius 1 is 1.07 bits per heavy atom. The van der Waals surface area contributed by atoms with Gasteiger partial charge >= 0.3 is 6.03 Å². The van der Waals surface area contributed by atoms with Crippen LogP contribution in [0, 0.1) is 0 Å². The van der Waals surface area contributed by atoms with E-state index in [0.29, 0.717) is 45.0 Å². The SMILES string of the molecule is CCC[C@H]1NC(=O)N(CN2CCN(S(=O)(=O)c3ccc(OCC)cc3)CC2)C1=O. The summed E-state index contributed by atoms with van der Waals surface area (Å²) >= 11 is 0. The van der Waals surface area contributed by atoms with Crippen LogP contribution < -0.4 is 10.1 Å². The van der Waals surface area contributed by atoms with Crippen molar-refractivity contribution < 1.29 is 22.7 Å². The molecule has 1 atom stereocenters. The number of nitrogens with one attached hydrogen (secondary N) is 1. The summed E-state index contributed by atoms with van der Waals surface area (Å²) in [4.78, 5) is 27.8. The quantitative estimate of drug-likeness (QED) is 0.627. The van der Waals surface area contributed by atoms with Crippen LogP contribution in [-0.4, -0.2) is 80.0 Å². The molecule has 0 aliphatic carbocycles. The molecule has 0 aromatic heterocycles. The van der Waals surface area contributed by atoms with Crippen molar-refractivity contribution in [3.05, 3.63) is 24.3 Å². The van der Waals surface area contributed by atoms with E-state index in [0.717, 1.165) is 6.42 Å². The minimum atomic E-state index is -3.59. The van der Waals surface area contributed by atoms with Crippen molar-refractivity contribution in [1.29, 1.82) is 0 Å². The van der Waals surface area contributed by atoms with Crippen LogP contribution in [0.2, 0.25) is 0 Å². The molecule has 2 aliphatic heterocycles. The van der Waals surface area contributed by atoms with Gasteiger partial charge in [0.25, 0.3) is 5.91 Å². The van der Waals surface area contributed by atoms with Gasteiger partial charge in [0.1, 0.15) is 11.8 Å². The van der Waals surface area contributed by atoms with E-state index < -0.39 is 16.1 Å². The Labute approximate surface area is 171 Å². The van der Waals surface area contributed by atoms with Crippen molar-refractivity contribution in [2.45, 2.75) is 37.6 Å². The summed E-state index contributed by atoms with van der Waals surface area (Å²) in [7, 11) is -3.59. The summed E-state index contributed by atoms with van der Waals surface area (Å²) in [6.45, 7) is 6.04. The van der Waals surface area contributed by atoms with Gasteiger partial charge in [-0.25, -0.2) is 18.1 Å². The molecule has 2 fully saturated rings. The van der Waals surface area contributed by atoms with Crippen LogP contribution in [0.3, 0.4) is 0 Å². The Balaban J connectivity index is 1.57. The van der Waals surface area contributed by atoms with Gasteiger partial charge in [0.05, 0.1) is 18.2 Å². The summed E-state index contributed by atoms with van der Waals surface area (Å²) in [5, 5.41) is 2.71. The summed E-state index contributed by atoms with van der Waals surface area (Å²) in [5.41, 5.74) is 0. The smallest absolute Gasteiger partial charge is 0.325 e. The first kappa shape index (κ1) is 21.5. The topological polar surface area (TPSA) is 99.3 Å². The van der Waals surface area contributed by atoms with E-state index in [1.807, 2.05) is 18.7 Å². The lowest BCUT2D eigenvalue weighted by atomic mass is 10.2. The third-order valence-electron chi connectivity index (χ3n) is 5.13. The fraction of sp³-hybridized carbons (Fsp3) is 0.579. The van der Waals surface area contributed by atoms with Gasteiger partial charge < -0.3 is 10.1 Å². The number of imide groups is 1. The van der Waals surface area contributed by atoms with Crippen LogP contribution in [0.5, 0.6) is 5.75 Å². The minimum Gasteiger partial charge on any atom is -0.494 e. The van der Waals surface area contributed by atoms with Crippen LogP contribution >= 0.6 is 0 Å². The Morgan fingerprint density at radius 2 is 1.72 bits per heavy atom. The summed E-state index contributed by atoms with van der Waals surface area (Å²) in [5.74, 6) is 0.424. The highest BCUT2D eigenvalue weighted by Crippen LogP contribution is 2.21. The molecule has 0 radical (unpaired) electrons. The van der Waals surface area contributed by atoms with Gasteiger partial charge in [-0.2, -0.15) is 4.31 Å². The molecule has 0 bridgehead atoms. The van der Waals surface area contributed by atoms with Crippen molar-refractivity contribution in [2.75, 3.05) is 39.5 Å². The van der Waals surface area contributed by atoms with Gasteiger partial charge in [0.15, 0.2) is 0 Å². The minimum absolute atomic E-state index is 0.182. The number of amides is 3. The second kappa shape index (κ2) is 9.10. The van der Waals surface area contributed by atoms with Crippen molar-refractivity contribution in [2.24, 2.45) is 0 Å². The van der Waals surface area contributed by atoms with E-state index in [-0.39, 0.29) is 23.5 Å². The van der Waals surface area contributed by atoms with E-state index in [9.17, 15) is 18.0 Å². The Hall–Kier alpha value is -2.17. The molecule has 160 valence electrons. The highest BCUT2D eigenvalue weighted by atomic mass is 32.2. The molecule has 1 aromatic carbocycles. The predicted octanol–water partition coefficient (Wildman–Crippen LogP) is 1.07. The molecular formula is C19H28N4O5S. The standard InChI is InChI=1S/C19H28N4O5S/c1-3-5-17-18(24)23(19(25)20-17)14-21-10-12-22(13-11-21)29(26,27)16-8-6-15(7-9-16)28-4-2/h6-9,17H,3-5,10-14H2,1-2H3,(H,20,25)/t17-/m1/s1. The average Bonchev–Trinajstić information content (AvgIpc) is 2.97. The number of ether oxygens (including phenoxy) is 1. The van der Waals surface area contributed by atoms with E-state index in [2.05, 4.69) is 5.32 Å². The molecule has 2 saturated heterocycles. The lowest BCUT2D eigenvalue weighted by molar-refractivity contribution is -0.129. The first-order valence-electron chi connectivity index (χ1n) is 9.94. The van der Waals surface area contributed by atoms with Crippen LogP contribution in [0.15, 0.2) is 29.2 Å². The van der Waals surface area contributed by atoms with E-state index in [1.165, 1.54) is 9.21 Å². The first-order chi connectivity index (χ1) is 13.9. The van der Waals surface area contributed by atoms with Gasteiger partial charge in [0, 0.05) is 26.2 Å². The number of hydrogen-bond acceptors (Lipinski definition) is 6. The molecule has 0 spiro atoms. The number of nitrogens with zero attached hydrogens (tertiary/aromatic N) is 3. The van der Waals surface area contributed by atoms with Gasteiger partial charge in [0.2, 0.25) is 10.0 Å². The number of urea groups is 1. The molecular weight excluding hydrogens is 396 g/mol. The normalized spacial score (nSPS) is 21.4. The zero-order valence-corrected chi connectivity index (χ0v) is 17.7. The number of carbonyl (C=O) groups excluding carboxylic acids is 2. The lowest BCUT2D eigenvalue weighted by Gasteiger charge is -2.35. The second-order valence-electron chi connectivity index (χ2n) is 7.12. The number of benzene rings is 1. The predicted molar refractivity (Wildman–Crippen MR) is 107 cm³/mol. The Morgan fingerprint density at radius 3 is 2.31 bits per heavy atom. The molecule has 0 saturated carbocycles. The fourth-order valence-corrected chi connectivity index (χ4v) is 4.95. The van der Waals surface area contributed by atoms with Crippen LogP contribution in [-0.2, 0) is 14.8 Å². The van der Waals surface area contributed by atoms with Crippen LogP contribution in [0.1, 0.15) is 26.7 Å². The molecule has 3 amide bonds.